The van der Waals surface area contributed by atoms with E-state index in [1.165, 1.54) is 0 Å². The Balaban J connectivity index is 1.56. The highest BCUT2D eigenvalue weighted by Crippen LogP contribution is 2.10. The summed E-state index contributed by atoms with van der Waals surface area (Å²) in [5.74, 6) is 3.81. The molecule has 2 N–H and O–H groups in total. The van der Waals surface area contributed by atoms with Gasteiger partial charge in [-0.1, -0.05) is 10.3 Å². The van der Waals surface area contributed by atoms with E-state index in [0.717, 1.165) is 34.4 Å². The maximum atomic E-state index is 8.76. The predicted octanol–water partition coefficient (Wildman–Crippen LogP) is 1.85. The lowest BCUT2D eigenvalue weighted by Gasteiger charge is -2.07. The van der Waals surface area contributed by atoms with Crippen molar-refractivity contribution in [3.8, 4) is 6.19 Å². The summed E-state index contributed by atoms with van der Waals surface area (Å²) in [7, 11) is 0. The molecule has 0 saturated carbocycles. The fraction of sp³-hybridized carbons (Fsp3) is 0.429. The van der Waals surface area contributed by atoms with Crippen LogP contribution in [0.3, 0.4) is 0 Å². The molecule has 0 radical (unpaired) electrons. The van der Waals surface area contributed by atoms with E-state index in [0.29, 0.717) is 19.0 Å². The minimum Gasteiger partial charge on any atom is -0.364 e. The van der Waals surface area contributed by atoms with Crippen LogP contribution in [0.2, 0.25) is 0 Å². The largest absolute Gasteiger partial charge is 0.364 e. The van der Waals surface area contributed by atoms with Gasteiger partial charge in [-0.15, -0.1) is 0 Å². The summed E-state index contributed by atoms with van der Waals surface area (Å²) in [6.07, 6.45) is 5.02. The van der Waals surface area contributed by atoms with Crippen LogP contribution < -0.4 is 10.6 Å². The second kappa shape index (κ2) is 11.4. The van der Waals surface area contributed by atoms with Crippen LogP contribution in [0.5, 0.6) is 0 Å². The van der Waals surface area contributed by atoms with Crippen molar-refractivity contribution in [1.29, 1.82) is 5.26 Å². The lowest BCUT2D eigenvalue weighted by Crippen LogP contribution is -2.36. The van der Waals surface area contributed by atoms with E-state index < -0.39 is 0 Å². The smallest absolute Gasteiger partial charge is 0.204 e. The Morgan fingerprint density at radius 2 is 1.79 bits per heavy atom. The zero-order valence-electron chi connectivity index (χ0n) is 13.0. The van der Waals surface area contributed by atoms with E-state index in [1.807, 2.05) is 18.3 Å². The molecule has 8 nitrogen and oxygen atoms in total. The first-order chi connectivity index (χ1) is 11.9. The number of aliphatic imine (C=N–C) groups is 1. The second-order valence-electron chi connectivity index (χ2n) is 4.48. The van der Waals surface area contributed by atoms with E-state index in [-0.39, 0.29) is 0 Å². The first-order valence-corrected chi connectivity index (χ1v) is 9.57. The lowest BCUT2D eigenvalue weighted by atomic mass is 10.5. The molecule has 0 aromatic carbocycles. The Labute approximate surface area is 148 Å². The third-order valence-electron chi connectivity index (χ3n) is 2.70. The fourth-order valence-electron chi connectivity index (χ4n) is 1.63. The van der Waals surface area contributed by atoms with Gasteiger partial charge in [0.05, 0.1) is 17.9 Å². The molecule has 2 aromatic heterocycles. The van der Waals surface area contributed by atoms with Crippen molar-refractivity contribution in [2.45, 2.75) is 11.5 Å². The molecule has 0 atom stereocenters. The van der Waals surface area contributed by atoms with Gasteiger partial charge >= 0.3 is 0 Å². The van der Waals surface area contributed by atoms with Gasteiger partial charge in [0.2, 0.25) is 5.96 Å². The molecule has 0 spiro atoms. The van der Waals surface area contributed by atoms with E-state index in [1.54, 1.807) is 36.1 Å². The monoisotopic (exact) mass is 366 g/mol. The summed E-state index contributed by atoms with van der Waals surface area (Å²) in [6, 6.07) is 3.69. The van der Waals surface area contributed by atoms with Crippen LogP contribution in [0.15, 0.2) is 38.7 Å². The highest BCUT2D eigenvalue weighted by molar-refractivity contribution is 7.98. The van der Waals surface area contributed by atoms with Crippen molar-refractivity contribution in [3.63, 3.8) is 0 Å². The van der Waals surface area contributed by atoms with Gasteiger partial charge in [-0.3, -0.25) is 10.3 Å². The molecule has 0 fully saturated rings. The zero-order chi connectivity index (χ0) is 16.9. The van der Waals surface area contributed by atoms with Crippen molar-refractivity contribution in [1.82, 2.24) is 20.9 Å². The maximum Gasteiger partial charge on any atom is 0.204 e. The first-order valence-electron chi connectivity index (χ1n) is 7.26. The lowest BCUT2D eigenvalue weighted by molar-refractivity contribution is 0.414. The number of nitrogens with zero attached hydrogens (tertiary/aromatic N) is 4. The van der Waals surface area contributed by atoms with Gasteiger partial charge in [-0.25, -0.2) is 0 Å². The highest BCUT2D eigenvalue weighted by atomic mass is 32.2. The van der Waals surface area contributed by atoms with Gasteiger partial charge in [-0.05, 0) is 0 Å². The van der Waals surface area contributed by atoms with Gasteiger partial charge in [0.15, 0.2) is 6.19 Å². The van der Waals surface area contributed by atoms with Crippen LogP contribution in [-0.4, -0.2) is 40.9 Å². The summed E-state index contributed by atoms with van der Waals surface area (Å²) < 4.78 is 9.55. The number of hydrogen-bond donors (Lipinski definition) is 2. The SMILES string of the molecule is N#CNC(=NCCSCc1ccon1)NCCSCc1ccon1. The summed E-state index contributed by atoms with van der Waals surface area (Å²) in [6.45, 7) is 1.33. The second-order valence-corrected chi connectivity index (χ2v) is 6.69. The molecule has 24 heavy (non-hydrogen) atoms. The Morgan fingerprint density at radius 3 is 2.38 bits per heavy atom. The average molecular weight is 366 g/mol. The van der Waals surface area contributed by atoms with Gasteiger partial charge in [0, 0.05) is 41.7 Å². The van der Waals surface area contributed by atoms with E-state index in [4.69, 9.17) is 14.3 Å². The molecule has 0 bridgehead atoms. The molecule has 0 amide bonds. The van der Waals surface area contributed by atoms with Crippen LogP contribution in [-0.2, 0) is 11.5 Å². The zero-order valence-corrected chi connectivity index (χ0v) is 14.6. The number of hydrogen-bond acceptors (Lipinski definition) is 8. The van der Waals surface area contributed by atoms with Crippen molar-refractivity contribution in [2.75, 3.05) is 24.6 Å². The number of guanidine groups is 1. The summed E-state index contributed by atoms with van der Waals surface area (Å²) in [5, 5.41) is 22.1. The predicted molar refractivity (Wildman–Crippen MR) is 94.4 cm³/mol. The Kier molecular flexibility index (Phi) is 8.67. The highest BCUT2D eigenvalue weighted by Gasteiger charge is 2.00. The summed E-state index contributed by atoms with van der Waals surface area (Å²) >= 11 is 3.44. The Bertz CT molecular complexity index is 624. The number of nitrogens with one attached hydrogen (secondary N) is 2. The van der Waals surface area contributed by atoms with Crippen LogP contribution in [0.25, 0.3) is 0 Å². The molecule has 2 rings (SSSR count). The van der Waals surface area contributed by atoms with E-state index >= 15 is 0 Å². The van der Waals surface area contributed by atoms with Crippen molar-refractivity contribution >= 4 is 29.5 Å². The molecule has 128 valence electrons. The van der Waals surface area contributed by atoms with Crippen molar-refractivity contribution < 1.29 is 9.05 Å². The van der Waals surface area contributed by atoms with Crippen LogP contribution in [0.4, 0.5) is 0 Å². The number of thioether (sulfide) groups is 2. The van der Waals surface area contributed by atoms with Gasteiger partial charge in [0.25, 0.3) is 0 Å². The van der Waals surface area contributed by atoms with Crippen molar-refractivity contribution in [3.05, 3.63) is 36.0 Å². The molecular formula is C14H18N6O2S2. The van der Waals surface area contributed by atoms with Gasteiger partial charge in [-0.2, -0.15) is 28.8 Å². The third-order valence-corrected chi connectivity index (χ3v) is 4.66. The standard InChI is InChI=1S/C14H18N6O2S2/c15-11-18-14(16-3-7-23-9-12-1-5-21-19-12)17-4-8-24-10-13-2-6-22-20-13/h1-2,5-6H,3-4,7-10H2,(H2,16,17,18). The molecule has 2 heterocycles. The molecule has 0 saturated heterocycles. The first kappa shape index (κ1) is 18.2. The average Bonchev–Trinajstić information content (AvgIpc) is 3.27. The molecule has 0 unspecified atom stereocenters. The Morgan fingerprint density at radius 1 is 1.12 bits per heavy atom. The van der Waals surface area contributed by atoms with Crippen molar-refractivity contribution in [2.24, 2.45) is 4.99 Å². The normalized spacial score (nSPS) is 11.2. The van der Waals surface area contributed by atoms with E-state index in [2.05, 4.69) is 25.9 Å². The van der Waals surface area contributed by atoms with Crippen LogP contribution in [0.1, 0.15) is 11.4 Å². The fourth-order valence-corrected chi connectivity index (χ4v) is 3.11. The molecular weight excluding hydrogens is 348 g/mol. The van der Waals surface area contributed by atoms with Crippen LogP contribution >= 0.6 is 23.5 Å². The number of nitriles is 1. The number of aromatic nitrogens is 2. The Hall–Kier alpha value is -2.12. The summed E-state index contributed by atoms with van der Waals surface area (Å²) in [5.41, 5.74) is 1.84. The summed E-state index contributed by atoms with van der Waals surface area (Å²) in [4.78, 5) is 4.35. The minimum absolute atomic E-state index is 0.501. The molecule has 0 aliphatic rings. The quantitative estimate of drug-likeness (QED) is 0.214. The van der Waals surface area contributed by atoms with Crippen LogP contribution in [0, 0.1) is 11.5 Å². The van der Waals surface area contributed by atoms with Gasteiger partial charge in [0.1, 0.15) is 12.5 Å². The molecule has 0 aliphatic carbocycles. The topological polar surface area (TPSA) is 112 Å². The van der Waals surface area contributed by atoms with E-state index in [9.17, 15) is 0 Å². The van der Waals surface area contributed by atoms with Gasteiger partial charge < -0.3 is 14.4 Å². The number of rotatable bonds is 10. The third kappa shape index (κ3) is 7.43. The molecule has 0 aliphatic heterocycles. The minimum atomic E-state index is 0.501. The maximum absolute atomic E-state index is 8.76. The molecule has 2 aromatic rings. The molecule has 10 heteroatoms.